The molecule has 0 bridgehead atoms. The maximum atomic E-state index is 11.2. The second kappa shape index (κ2) is 7.01. The molecule has 0 spiro atoms. The van der Waals surface area contributed by atoms with E-state index in [9.17, 15) is 5.11 Å². The van der Waals surface area contributed by atoms with E-state index in [0.29, 0.717) is 16.2 Å². The highest BCUT2D eigenvalue weighted by molar-refractivity contribution is 6.33. The summed E-state index contributed by atoms with van der Waals surface area (Å²) >= 11 is 6.10. The number of aromatic nitrogens is 3. The molecule has 0 saturated carbocycles. The first-order valence-electron chi connectivity index (χ1n) is 8.83. The Hall–Kier alpha value is -1.12. The van der Waals surface area contributed by atoms with E-state index in [1.807, 2.05) is 0 Å². The van der Waals surface area contributed by atoms with Gasteiger partial charge in [-0.15, -0.1) is 0 Å². The predicted octanol–water partition coefficient (Wildman–Crippen LogP) is 0.934. The molecule has 1 N–H and O–H groups in total. The molecular formula is C14H20B2ClN3O4. The molecule has 0 amide bonds. The minimum absolute atomic E-state index is 0.0592. The van der Waals surface area contributed by atoms with Crippen molar-refractivity contribution in [2.75, 3.05) is 6.61 Å². The average Bonchev–Trinajstić information content (AvgIpc) is 3.06. The Morgan fingerprint density at radius 1 is 1.50 bits per heavy atom. The fraction of sp³-hybridized carbons (Fsp3) is 0.571. The number of halogens is 1. The van der Waals surface area contributed by atoms with Crippen molar-refractivity contribution in [3.8, 4) is 0 Å². The molecule has 4 atom stereocenters. The van der Waals surface area contributed by atoms with Crippen LogP contribution in [0.4, 0.5) is 0 Å². The van der Waals surface area contributed by atoms with Gasteiger partial charge in [-0.3, -0.25) is 0 Å². The Morgan fingerprint density at radius 3 is 3.00 bits per heavy atom. The van der Waals surface area contributed by atoms with Crippen LogP contribution in [0.2, 0.25) is 18.8 Å². The van der Waals surface area contributed by atoms with Crippen LogP contribution in [0, 0.1) is 0 Å². The zero-order valence-electron chi connectivity index (χ0n) is 15.7. The van der Waals surface area contributed by atoms with Gasteiger partial charge in [0.2, 0.25) is 0 Å². The summed E-state index contributed by atoms with van der Waals surface area (Å²) in [4.78, 5) is 8.18. The Kier molecular flexibility index (Phi) is 4.43. The summed E-state index contributed by atoms with van der Waals surface area (Å²) in [6.07, 6.45) is 0.762. The van der Waals surface area contributed by atoms with Crippen molar-refractivity contribution < 1.29 is 19.2 Å². The minimum Gasteiger partial charge on any atom is -0.437 e. The van der Waals surface area contributed by atoms with Crippen LogP contribution in [-0.2, 0) is 14.0 Å². The van der Waals surface area contributed by atoms with E-state index >= 15 is 0 Å². The number of rotatable bonds is 6. The molecule has 0 radical (unpaired) electrons. The van der Waals surface area contributed by atoms with Gasteiger partial charge in [-0.1, -0.05) is 25.2 Å². The SMILES string of the molecule is [2H]B(C)OC[C@H]1OC(n2ccc3c(Cl)ncnc32)C(C)(O)[C@@H]1OB([2H])C. The quantitative estimate of drug-likeness (QED) is 0.615. The normalized spacial score (nSPS) is 31.1. The summed E-state index contributed by atoms with van der Waals surface area (Å²) in [7, 11) is -1.60. The standard InChI is InChI=1S/C14H20B2ClN3O4/c1-14(21)10(24-16-3)9(6-22-15-2)23-13(14)20-5-4-8-11(17)18-7-19-12(8)20/h4-5,7,9-10,13,15-16,21H,6H2,1-3H3/t9-,10-,13?,14?/m1/s1/i15D,16D. The van der Waals surface area contributed by atoms with Gasteiger partial charge in [0, 0.05) is 8.87 Å². The Labute approximate surface area is 149 Å². The molecule has 128 valence electrons. The third-order valence-corrected chi connectivity index (χ3v) is 4.44. The van der Waals surface area contributed by atoms with Crippen LogP contribution in [0.5, 0.6) is 0 Å². The molecule has 0 aromatic carbocycles. The van der Waals surface area contributed by atoms with E-state index in [-0.39, 0.29) is 6.61 Å². The van der Waals surface area contributed by atoms with Gasteiger partial charge in [0.1, 0.15) is 34.9 Å². The summed E-state index contributed by atoms with van der Waals surface area (Å²) in [5, 5.41) is 12.1. The van der Waals surface area contributed by atoms with Crippen molar-refractivity contribution >= 4 is 37.5 Å². The summed E-state index contributed by atoms with van der Waals surface area (Å²) < 4.78 is 33.9. The molecule has 2 aromatic rings. The third-order valence-electron chi connectivity index (χ3n) is 4.14. The molecule has 2 unspecified atom stereocenters. The van der Waals surface area contributed by atoms with E-state index in [4.69, 9.17) is 28.3 Å². The van der Waals surface area contributed by atoms with Crippen LogP contribution in [-0.4, -0.2) is 61.6 Å². The van der Waals surface area contributed by atoms with Crippen molar-refractivity contribution in [1.29, 1.82) is 2.67 Å². The Bertz CT molecular complexity index is 780. The number of hydrogen-bond acceptors (Lipinski definition) is 6. The highest BCUT2D eigenvalue weighted by atomic mass is 35.5. The Balaban J connectivity index is 1.96. The number of fused-ring (bicyclic) bond motifs is 1. The van der Waals surface area contributed by atoms with Gasteiger partial charge >= 0.3 is 0 Å². The number of hydrogen-bond donors (Lipinski definition) is 1. The monoisotopic (exact) mass is 353 g/mol. The highest BCUT2D eigenvalue weighted by Gasteiger charge is 2.54. The van der Waals surface area contributed by atoms with Crippen molar-refractivity contribution in [2.24, 2.45) is 0 Å². The summed E-state index contributed by atoms with van der Waals surface area (Å²) in [5.74, 6) is 0. The largest absolute Gasteiger partial charge is 0.437 e. The summed E-state index contributed by atoms with van der Waals surface area (Å²) in [6, 6.07) is 1.75. The lowest BCUT2D eigenvalue weighted by Gasteiger charge is -2.30. The Morgan fingerprint density at radius 2 is 2.29 bits per heavy atom. The van der Waals surface area contributed by atoms with Gasteiger partial charge in [0.25, 0.3) is 14.9 Å². The first-order chi connectivity index (χ1) is 12.2. The molecule has 1 aliphatic rings. The predicted molar refractivity (Wildman–Crippen MR) is 93.9 cm³/mol. The maximum Gasteiger partial charge on any atom is 0.272 e. The number of nitrogens with zero attached hydrogens (tertiary/aromatic N) is 3. The van der Waals surface area contributed by atoms with Crippen LogP contribution in [0.15, 0.2) is 18.6 Å². The lowest BCUT2D eigenvalue weighted by molar-refractivity contribution is -0.0915. The molecule has 1 aliphatic heterocycles. The van der Waals surface area contributed by atoms with E-state index in [1.54, 1.807) is 37.4 Å². The highest BCUT2D eigenvalue weighted by Crippen LogP contribution is 2.41. The molecule has 1 saturated heterocycles. The molecule has 3 rings (SSSR count). The zero-order valence-corrected chi connectivity index (χ0v) is 14.5. The van der Waals surface area contributed by atoms with Crippen molar-refractivity contribution in [3.63, 3.8) is 0 Å². The second-order valence-corrected chi connectivity index (χ2v) is 6.10. The topological polar surface area (TPSA) is 78.6 Å². The van der Waals surface area contributed by atoms with Gasteiger partial charge < -0.3 is 23.7 Å². The molecule has 24 heavy (non-hydrogen) atoms. The fourth-order valence-electron chi connectivity index (χ4n) is 3.06. The zero-order chi connectivity index (χ0) is 19.1. The van der Waals surface area contributed by atoms with Gasteiger partial charge in [-0.05, 0) is 13.0 Å². The van der Waals surface area contributed by atoms with Gasteiger partial charge in [-0.2, -0.15) is 0 Å². The molecule has 0 aliphatic carbocycles. The van der Waals surface area contributed by atoms with Crippen LogP contribution in [0.25, 0.3) is 11.0 Å². The van der Waals surface area contributed by atoms with Crippen molar-refractivity contribution in [3.05, 3.63) is 23.7 Å². The molecule has 2 aromatic heterocycles. The summed E-state index contributed by atoms with van der Waals surface area (Å²) in [5.41, 5.74) is -0.943. The number of ether oxygens (including phenoxy) is 1. The smallest absolute Gasteiger partial charge is 0.272 e. The average molecular weight is 353 g/mol. The molecule has 10 heteroatoms. The lowest BCUT2D eigenvalue weighted by atomic mass is 9.93. The molecular weight excluding hydrogens is 331 g/mol. The first-order valence-corrected chi connectivity index (χ1v) is 8.06. The number of aliphatic hydroxyl groups is 1. The van der Waals surface area contributed by atoms with E-state index in [0.717, 1.165) is 0 Å². The molecule has 7 nitrogen and oxygen atoms in total. The van der Waals surface area contributed by atoms with Crippen LogP contribution in [0.1, 0.15) is 13.2 Å². The molecule has 1 fully saturated rings. The third kappa shape index (κ3) is 2.95. The lowest BCUT2D eigenvalue weighted by Crippen LogP contribution is -2.46. The van der Waals surface area contributed by atoms with Crippen molar-refractivity contribution in [2.45, 2.75) is 44.6 Å². The van der Waals surface area contributed by atoms with Crippen LogP contribution in [0.3, 0.4) is 0 Å². The van der Waals surface area contributed by atoms with Gasteiger partial charge in [-0.25, -0.2) is 9.97 Å². The minimum atomic E-state index is -1.46. The van der Waals surface area contributed by atoms with E-state index < -0.39 is 38.9 Å². The maximum absolute atomic E-state index is 11.2. The van der Waals surface area contributed by atoms with Crippen LogP contribution < -0.4 is 0 Å². The van der Waals surface area contributed by atoms with Gasteiger partial charge in [0.15, 0.2) is 6.23 Å². The van der Waals surface area contributed by atoms with E-state index in [2.05, 4.69) is 9.97 Å². The summed E-state index contributed by atoms with van der Waals surface area (Å²) in [6.45, 7) is 4.80. The van der Waals surface area contributed by atoms with Crippen LogP contribution >= 0.6 is 11.6 Å². The van der Waals surface area contributed by atoms with Gasteiger partial charge in [0.05, 0.1) is 12.0 Å². The van der Waals surface area contributed by atoms with Crippen molar-refractivity contribution in [1.82, 2.24) is 14.5 Å². The van der Waals surface area contributed by atoms with E-state index in [1.165, 1.54) is 6.33 Å². The fourth-order valence-corrected chi connectivity index (χ4v) is 3.25. The second-order valence-electron chi connectivity index (χ2n) is 5.74. The first kappa shape index (κ1) is 15.2. The molecule has 3 heterocycles.